The van der Waals surface area contributed by atoms with Gasteiger partial charge in [-0.2, -0.15) is 0 Å². The van der Waals surface area contributed by atoms with E-state index in [1.807, 2.05) is 72.4 Å². The maximum Gasteiger partial charge on any atom is 0.247 e. The maximum atomic E-state index is 13.1. The number of carbonyl (C=O) groups excluding carboxylic acids is 1. The highest BCUT2D eigenvalue weighted by atomic mass is 32.2. The van der Waals surface area contributed by atoms with Gasteiger partial charge >= 0.3 is 0 Å². The third-order valence-corrected chi connectivity index (χ3v) is 5.60. The molecule has 130 valence electrons. The van der Waals surface area contributed by atoms with Gasteiger partial charge in [0, 0.05) is 31.2 Å². The minimum Gasteiger partial charge on any atom is -0.350 e. The molecule has 1 aromatic heterocycles. The van der Waals surface area contributed by atoms with Gasteiger partial charge in [0.15, 0.2) is 0 Å². The molecule has 3 aromatic rings. The van der Waals surface area contributed by atoms with Crippen LogP contribution >= 0.6 is 0 Å². The Morgan fingerprint density at radius 2 is 1.64 bits per heavy atom. The van der Waals surface area contributed by atoms with E-state index >= 15 is 0 Å². The largest absolute Gasteiger partial charge is 0.350 e. The molecule has 1 amide bonds. The van der Waals surface area contributed by atoms with Gasteiger partial charge in [0.2, 0.25) is 15.9 Å². The van der Waals surface area contributed by atoms with E-state index in [9.17, 15) is 13.2 Å². The van der Waals surface area contributed by atoms with E-state index in [0.29, 0.717) is 0 Å². The lowest BCUT2D eigenvalue weighted by Crippen LogP contribution is -2.36. The SMILES string of the molecule is CN(C(=O)C(c1ccccc1)c1cn(C)c2ccccc12)S(C)(=O)=O. The molecule has 1 atom stereocenters. The van der Waals surface area contributed by atoms with Gasteiger partial charge in [0.25, 0.3) is 0 Å². The van der Waals surface area contributed by atoms with Crippen LogP contribution in [0, 0.1) is 0 Å². The van der Waals surface area contributed by atoms with Gasteiger partial charge in [-0.05, 0) is 17.2 Å². The molecule has 0 fully saturated rings. The number of carbonyl (C=O) groups is 1. The molecule has 3 rings (SSSR count). The Bertz CT molecular complexity index is 1020. The molecule has 0 N–H and O–H groups in total. The van der Waals surface area contributed by atoms with E-state index in [1.165, 1.54) is 7.05 Å². The second-order valence-electron chi connectivity index (χ2n) is 6.12. The molecule has 0 bridgehead atoms. The van der Waals surface area contributed by atoms with Crippen LogP contribution in [-0.4, -0.2) is 36.5 Å². The van der Waals surface area contributed by atoms with Crippen molar-refractivity contribution in [2.45, 2.75) is 5.92 Å². The van der Waals surface area contributed by atoms with Crippen molar-refractivity contribution in [2.75, 3.05) is 13.3 Å². The van der Waals surface area contributed by atoms with E-state index in [2.05, 4.69) is 0 Å². The van der Waals surface area contributed by atoms with E-state index in [1.54, 1.807) is 0 Å². The number of sulfonamides is 1. The summed E-state index contributed by atoms with van der Waals surface area (Å²) in [5.41, 5.74) is 2.55. The molecular weight excluding hydrogens is 336 g/mol. The molecule has 5 nitrogen and oxygen atoms in total. The topological polar surface area (TPSA) is 59.4 Å². The van der Waals surface area contributed by atoms with Crippen LogP contribution in [-0.2, 0) is 21.9 Å². The Balaban J connectivity index is 2.23. The van der Waals surface area contributed by atoms with Crippen molar-refractivity contribution in [3.8, 4) is 0 Å². The van der Waals surface area contributed by atoms with Gasteiger partial charge in [-0.15, -0.1) is 0 Å². The Labute approximate surface area is 147 Å². The highest BCUT2D eigenvalue weighted by Crippen LogP contribution is 2.33. The van der Waals surface area contributed by atoms with Crippen molar-refractivity contribution >= 4 is 26.8 Å². The fraction of sp³-hybridized carbons (Fsp3) is 0.211. The molecule has 2 aromatic carbocycles. The second kappa shape index (κ2) is 6.37. The third kappa shape index (κ3) is 3.17. The van der Waals surface area contributed by atoms with Crippen molar-refractivity contribution < 1.29 is 13.2 Å². The summed E-state index contributed by atoms with van der Waals surface area (Å²) in [6.07, 6.45) is 2.94. The standard InChI is InChI=1S/C19H20N2O3S/c1-20-13-16(15-11-7-8-12-17(15)20)18(14-9-5-4-6-10-14)19(22)21(2)25(3,23)24/h4-13,18H,1-3H3. The van der Waals surface area contributed by atoms with Crippen LogP contribution in [0.3, 0.4) is 0 Å². The fourth-order valence-electron chi connectivity index (χ4n) is 3.05. The molecular formula is C19H20N2O3S. The lowest BCUT2D eigenvalue weighted by atomic mass is 9.90. The molecule has 1 heterocycles. The second-order valence-corrected chi connectivity index (χ2v) is 8.14. The van der Waals surface area contributed by atoms with Crippen molar-refractivity contribution in [3.05, 3.63) is 71.9 Å². The summed E-state index contributed by atoms with van der Waals surface area (Å²) >= 11 is 0. The van der Waals surface area contributed by atoms with Gasteiger partial charge in [-0.1, -0.05) is 48.5 Å². The average molecular weight is 356 g/mol. The monoisotopic (exact) mass is 356 g/mol. The molecule has 1 unspecified atom stereocenters. The first kappa shape index (κ1) is 17.2. The quantitative estimate of drug-likeness (QED) is 0.722. The fourth-order valence-corrected chi connectivity index (χ4v) is 3.48. The first-order valence-electron chi connectivity index (χ1n) is 7.87. The normalized spacial score (nSPS) is 12.9. The predicted octanol–water partition coefficient (Wildman–Crippen LogP) is 2.73. The summed E-state index contributed by atoms with van der Waals surface area (Å²) in [7, 11) is -0.413. The summed E-state index contributed by atoms with van der Waals surface area (Å²) in [5.74, 6) is -1.16. The van der Waals surface area contributed by atoms with E-state index in [4.69, 9.17) is 0 Å². The predicted molar refractivity (Wildman–Crippen MR) is 98.8 cm³/mol. The molecule has 0 aliphatic heterocycles. The number of aromatic nitrogens is 1. The van der Waals surface area contributed by atoms with Crippen LogP contribution in [0.2, 0.25) is 0 Å². The first-order valence-corrected chi connectivity index (χ1v) is 9.72. The van der Waals surface area contributed by atoms with Crippen LogP contribution < -0.4 is 0 Å². The number of hydrogen-bond donors (Lipinski definition) is 0. The zero-order chi connectivity index (χ0) is 18.2. The van der Waals surface area contributed by atoms with E-state index in [-0.39, 0.29) is 0 Å². The van der Waals surface area contributed by atoms with Crippen LogP contribution in [0.4, 0.5) is 0 Å². The van der Waals surface area contributed by atoms with Crippen molar-refractivity contribution in [1.29, 1.82) is 0 Å². The van der Waals surface area contributed by atoms with Crippen LogP contribution in [0.25, 0.3) is 10.9 Å². The summed E-state index contributed by atoms with van der Waals surface area (Å²) < 4.78 is 26.6. The Morgan fingerprint density at radius 1 is 1.04 bits per heavy atom. The van der Waals surface area contributed by atoms with Gasteiger partial charge in [0.1, 0.15) is 0 Å². The molecule has 6 heteroatoms. The highest BCUT2D eigenvalue weighted by Gasteiger charge is 2.31. The molecule has 0 saturated heterocycles. The number of rotatable bonds is 4. The Hall–Kier alpha value is -2.60. The van der Waals surface area contributed by atoms with Crippen LogP contribution in [0.15, 0.2) is 60.8 Å². The summed E-state index contributed by atoms with van der Waals surface area (Å²) in [4.78, 5) is 13.1. The third-order valence-electron chi connectivity index (χ3n) is 4.43. The molecule has 0 spiro atoms. The Kier molecular flexibility index (Phi) is 4.39. The number of fused-ring (bicyclic) bond motifs is 1. The number of amides is 1. The minimum atomic E-state index is -3.63. The van der Waals surface area contributed by atoms with Crippen molar-refractivity contribution in [1.82, 2.24) is 8.87 Å². The zero-order valence-corrected chi connectivity index (χ0v) is 15.2. The van der Waals surface area contributed by atoms with Gasteiger partial charge < -0.3 is 4.57 Å². The van der Waals surface area contributed by atoms with Crippen molar-refractivity contribution in [3.63, 3.8) is 0 Å². The number of para-hydroxylation sites is 1. The van der Waals surface area contributed by atoms with E-state index < -0.39 is 21.8 Å². The number of benzene rings is 2. The van der Waals surface area contributed by atoms with Gasteiger partial charge in [0.05, 0.1) is 12.2 Å². The summed E-state index contributed by atoms with van der Waals surface area (Å²) in [6.45, 7) is 0. The number of hydrogen-bond acceptors (Lipinski definition) is 3. The number of likely N-dealkylation sites (N-methyl/N-ethyl adjacent to an activating group) is 1. The van der Waals surface area contributed by atoms with Gasteiger partial charge in [-0.25, -0.2) is 12.7 Å². The highest BCUT2D eigenvalue weighted by molar-refractivity contribution is 7.88. The molecule has 25 heavy (non-hydrogen) atoms. The molecule has 0 radical (unpaired) electrons. The van der Waals surface area contributed by atoms with Crippen LogP contribution in [0.1, 0.15) is 17.0 Å². The average Bonchev–Trinajstić information content (AvgIpc) is 2.92. The Morgan fingerprint density at radius 3 is 2.28 bits per heavy atom. The zero-order valence-electron chi connectivity index (χ0n) is 14.4. The van der Waals surface area contributed by atoms with Crippen LogP contribution in [0.5, 0.6) is 0 Å². The summed E-state index contributed by atoms with van der Waals surface area (Å²) in [6, 6.07) is 17.0. The molecule has 0 saturated carbocycles. The smallest absolute Gasteiger partial charge is 0.247 e. The summed E-state index contributed by atoms with van der Waals surface area (Å²) in [5, 5.41) is 0.939. The first-order chi connectivity index (χ1) is 11.8. The van der Waals surface area contributed by atoms with Gasteiger partial charge in [-0.3, -0.25) is 4.79 Å². The maximum absolute atomic E-state index is 13.1. The number of aryl methyl sites for hydroxylation is 1. The molecule has 0 aliphatic carbocycles. The minimum absolute atomic E-state index is 0.468. The molecule has 0 aliphatic rings. The lowest BCUT2D eigenvalue weighted by Gasteiger charge is -2.22. The number of nitrogens with zero attached hydrogens (tertiary/aromatic N) is 2. The lowest BCUT2D eigenvalue weighted by molar-refractivity contribution is -0.126. The van der Waals surface area contributed by atoms with Crippen molar-refractivity contribution in [2.24, 2.45) is 7.05 Å². The van der Waals surface area contributed by atoms with E-state index in [0.717, 1.165) is 32.6 Å².